The van der Waals surface area contributed by atoms with Crippen LogP contribution in [0.3, 0.4) is 0 Å². The fourth-order valence-corrected chi connectivity index (χ4v) is 5.63. The maximum absolute atomic E-state index is 11.8. The average molecular weight is 350 g/mol. The normalized spacial score (nSPS) is 42.6. The van der Waals surface area contributed by atoms with Crippen LogP contribution in [-0.2, 0) is 9.53 Å². The molecule has 0 aromatic heterocycles. The van der Waals surface area contributed by atoms with Gasteiger partial charge in [-0.3, -0.25) is 0 Å². The Bertz CT molecular complexity index is 597. The van der Waals surface area contributed by atoms with E-state index in [0.29, 0.717) is 18.4 Å². The zero-order valence-electron chi connectivity index (χ0n) is 15.2. The van der Waals surface area contributed by atoms with Crippen molar-refractivity contribution in [1.29, 1.82) is 0 Å². The van der Waals surface area contributed by atoms with Gasteiger partial charge in [-0.05, 0) is 55.4 Å². The second-order valence-electron chi connectivity index (χ2n) is 8.54. The molecule has 140 valence electrons. The van der Waals surface area contributed by atoms with Gasteiger partial charge in [-0.15, -0.1) is 0 Å². The molecule has 0 aromatic carbocycles. The Kier molecular flexibility index (Phi) is 4.86. The van der Waals surface area contributed by atoms with Gasteiger partial charge in [-0.1, -0.05) is 26.0 Å². The molecule has 3 aliphatic rings. The topological polar surface area (TPSA) is 87.0 Å². The second-order valence-corrected chi connectivity index (χ2v) is 8.54. The smallest absolute Gasteiger partial charge is 0.336 e. The third kappa shape index (κ3) is 2.86. The highest BCUT2D eigenvalue weighted by Gasteiger charge is 2.57. The van der Waals surface area contributed by atoms with E-state index < -0.39 is 23.6 Å². The number of hydrogen-bond donors (Lipinski definition) is 3. The van der Waals surface area contributed by atoms with Crippen LogP contribution in [0, 0.1) is 22.7 Å². The van der Waals surface area contributed by atoms with Gasteiger partial charge in [0, 0.05) is 5.41 Å². The fraction of sp³-hybridized carbons (Fsp3) is 0.750. The third-order valence-electron chi connectivity index (χ3n) is 7.26. The number of hydrogen-bond acceptors (Lipinski definition) is 5. The largest absolute Gasteiger partial charge is 0.458 e. The van der Waals surface area contributed by atoms with Gasteiger partial charge < -0.3 is 20.1 Å². The van der Waals surface area contributed by atoms with E-state index in [0.717, 1.165) is 24.8 Å². The van der Waals surface area contributed by atoms with Crippen LogP contribution in [0.15, 0.2) is 23.8 Å². The molecule has 3 N–H and O–H groups in total. The van der Waals surface area contributed by atoms with Gasteiger partial charge >= 0.3 is 5.97 Å². The first-order chi connectivity index (χ1) is 11.7. The first-order valence-corrected chi connectivity index (χ1v) is 9.26. The van der Waals surface area contributed by atoms with Crippen molar-refractivity contribution in [3.05, 3.63) is 23.8 Å². The van der Waals surface area contributed by atoms with Crippen LogP contribution in [0.4, 0.5) is 0 Å². The predicted molar refractivity (Wildman–Crippen MR) is 93.6 cm³/mol. The van der Waals surface area contributed by atoms with Crippen LogP contribution in [0.25, 0.3) is 0 Å². The monoisotopic (exact) mass is 350 g/mol. The number of cyclic esters (lactones) is 1. The Morgan fingerprint density at radius 1 is 1.40 bits per heavy atom. The zero-order chi connectivity index (χ0) is 18.4. The minimum absolute atomic E-state index is 0.0480. The van der Waals surface area contributed by atoms with Gasteiger partial charge in [-0.25, -0.2) is 4.79 Å². The Balaban J connectivity index is 1.88. The molecule has 2 fully saturated rings. The molecule has 2 saturated carbocycles. The molecular formula is C20H30O5. The summed E-state index contributed by atoms with van der Waals surface area (Å²) in [6.07, 6.45) is 3.89. The SMILES string of the molecule is C=C1CC[C@@H]2[C@](C)(CO)[C@H](O)CC[C@@]2(C)[C@@H]1C[C@H](O)C1=CCOC1=O. The van der Waals surface area contributed by atoms with Crippen LogP contribution in [0.2, 0.25) is 0 Å². The summed E-state index contributed by atoms with van der Waals surface area (Å²) in [4.78, 5) is 11.8. The van der Waals surface area contributed by atoms with E-state index in [1.807, 2.05) is 6.92 Å². The quantitative estimate of drug-likeness (QED) is 0.533. The fourth-order valence-electron chi connectivity index (χ4n) is 5.63. The standard InChI is InChI=1S/C20H30O5/c1-12-4-5-16-19(2,8-6-17(23)20(16,3)11-21)14(12)10-15(22)13-7-9-25-18(13)24/h7,14-17,21-23H,1,4-6,8-11H2,2-3H3/t14-,15+,16+,17-,19+,20+/m1/s1. The molecule has 1 aliphatic heterocycles. The van der Waals surface area contributed by atoms with Gasteiger partial charge in [0.25, 0.3) is 0 Å². The van der Waals surface area contributed by atoms with Crippen molar-refractivity contribution < 1.29 is 24.9 Å². The van der Waals surface area contributed by atoms with Crippen LogP contribution in [0.1, 0.15) is 46.0 Å². The Morgan fingerprint density at radius 2 is 2.12 bits per heavy atom. The van der Waals surface area contributed by atoms with E-state index in [-0.39, 0.29) is 30.5 Å². The van der Waals surface area contributed by atoms with Crippen LogP contribution in [0.5, 0.6) is 0 Å². The zero-order valence-corrected chi connectivity index (χ0v) is 15.2. The molecule has 1 heterocycles. The molecule has 6 atom stereocenters. The summed E-state index contributed by atoms with van der Waals surface area (Å²) >= 11 is 0. The van der Waals surface area contributed by atoms with Gasteiger partial charge in [0.1, 0.15) is 6.61 Å². The van der Waals surface area contributed by atoms with Crippen molar-refractivity contribution in [3.63, 3.8) is 0 Å². The number of rotatable bonds is 4. The van der Waals surface area contributed by atoms with Crippen molar-refractivity contribution in [3.8, 4) is 0 Å². The van der Waals surface area contributed by atoms with E-state index in [1.54, 1.807) is 6.08 Å². The molecule has 5 nitrogen and oxygen atoms in total. The second kappa shape index (κ2) is 6.53. The van der Waals surface area contributed by atoms with E-state index >= 15 is 0 Å². The summed E-state index contributed by atoms with van der Waals surface area (Å²) in [5.41, 5.74) is 0.749. The van der Waals surface area contributed by atoms with Gasteiger partial charge in [-0.2, -0.15) is 0 Å². The average Bonchev–Trinajstić information content (AvgIpc) is 3.01. The summed E-state index contributed by atoms with van der Waals surface area (Å²) < 4.78 is 4.92. The molecule has 25 heavy (non-hydrogen) atoms. The summed E-state index contributed by atoms with van der Waals surface area (Å²) in [5.74, 6) is -0.232. The molecule has 0 unspecified atom stereocenters. The molecule has 0 spiro atoms. The molecule has 0 amide bonds. The van der Waals surface area contributed by atoms with Crippen LogP contribution < -0.4 is 0 Å². The molecular weight excluding hydrogens is 320 g/mol. The number of carbonyl (C=O) groups excluding carboxylic acids is 1. The lowest BCUT2D eigenvalue weighted by molar-refractivity contribution is -0.154. The highest BCUT2D eigenvalue weighted by molar-refractivity contribution is 5.91. The maximum Gasteiger partial charge on any atom is 0.336 e. The molecule has 2 aliphatic carbocycles. The van der Waals surface area contributed by atoms with Crippen molar-refractivity contribution in [1.82, 2.24) is 0 Å². The summed E-state index contributed by atoms with van der Waals surface area (Å²) in [7, 11) is 0. The van der Waals surface area contributed by atoms with Crippen molar-refractivity contribution >= 4 is 5.97 Å². The third-order valence-corrected chi connectivity index (χ3v) is 7.26. The number of carbonyl (C=O) groups is 1. The lowest BCUT2D eigenvalue weighted by Gasteiger charge is -2.60. The Morgan fingerprint density at radius 3 is 2.72 bits per heavy atom. The minimum atomic E-state index is -0.862. The van der Waals surface area contributed by atoms with Crippen LogP contribution >= 0.6 is 0 Å². The molecule has 0 radical (unpaired) electrons. The highest BCUT2D eigenvalue weighted by atomic mass is 16.5. The lowest BCUT2D eigenvalue weighted by atomic mass is 9.46. The Labute approximate surface area is 149 Å². The Hall–Kier alpha value is -1.17. The number of aliphatic hydroxyl groups is 3. The van der Waals surface area contributed by atoms with Crippen molar-refractivity contribution in [2.24, 2.45) is 22.7 Å². The first-order valence-electron chi connectivity index (χ1n) is 9.26. The van der Waals surface area contributed by atoms with Crippen molar-refractivity contribution in [2.45, 2.75) is 58.2 Å². The summed E-state index contributed by atoms with van der Waals surface area (Å²) in [5, 5.41) is 31.2. The molecule has 0 saturated heterocycles. The van der Waals surface area contributed by atoms with Crippen LogP contribution in [-0.4, -0.2) is 46.7 Å². The van der Waals surface area contributed by atoms with Gasteiger partial charge in [0.15, 0.2) is 0 Å². The van der Waals surface area contributed by atoms with Gasteiger partial charge in [0.2, 0.25) is 0 Å². The predicted octanol–water partition coefficient (Wildman–Crippen LogP) is 1.96. The summed E-state index contributed by atoms with van der Waals surface area (Å²) in [6.45, 7) is 8.60. The lowest BCUT2D eigenvalue weighted by Crippen LogP contribution is -2.57. The van der Waals surface area contributed by atoms with E-state index in [2.05, 4.69) is 13.5 Å². The first kappa shape index (κ1) is 18.6. The van der Waals surface area contributed by atoms with E-state index in [9.17, 15) is 20.1 Å². The molecule has 0 aromatic rings. The maximum atomic E-state index is 11.8. The summed E-state index contributed by atoms with van der Waals surface area (Å²) in [6, 6.07) is 0. The van der Waals surface area contributed by atoms with E-state index in [1.165, 1.54) is 0 Å². The van der Waals surface area contributed by atoms with E-state index in [4.69, 9.17) is 4.74 Å². The number of ether oxygens (including phenoxy) is 1. The molecule has 5 heteroatoms. The number of esters is 1. The molecule has 3 rings (SSSR count). The number of allylic oxidation sites excluding steroid dienone is 1. The highest BCUT2D eigenvalue weighted by Crippen LogP contribution is 2.61. The van der Waals surface area contributed by atoms with Gasteiger partial charge in [0.05, 0.1) is 24.4 Å². The number of aliphatic hydroxyl groups excluding tert-OH is 3. The molecule has 0 bridgehead atoms. The van der Waals surface area contributed by atoms with Crippen molar-refractivity contribution in [2.75, 3.05) is 13.2 Å². The minimum Gasteiger partial charge on any atom is -0.458 e. The number of fused-ring (bicyclic) bond motifs is 1.